The Balaban J connectivity index is 0.971. The van der Waals surface area contributed by atoms with E-state index in [0.29, 0.717) is 47.6 Å². The van der Waals surface area contributed by atoms with Crippen LogP contribution in [0.4, 0.5) is 0 Å². The van der Waals surface area contributed by atoms with E-state index in [1.54, 1.807) is 17.7 Å². The van der Waals surface area contributed by atoms with Crippen LogP contribution in [0, 0.1) is 37.5 Å². The van der Waals surface area contributed by atoms with Crippen LogP contribution in [0.5, 0.6) is 5.75 Å². The maximum Gasteiger partial charge on any atom is 0.339 e. The highest BCUT2D eigenvalue weighted by molar-refractivity contribution is 5.82. The van der Waals surface area contributed by atoms with E-state index in [1.165, 1.54) is 0 Å². The Labute approximate surface area is 244 Å². The van der Waals surface area contributed by atoms with Gasteiger partial charge in [0.15, 0.2) is 18.2 Å². The Kier molecular flexibility index (Phi) is 6.93. The van der Waals surface area contributed by atoms with Gasteiger partial charge in [0.2, 0.25) is 5.79 Å². The largest absolute Gasteiger partial charge is 0.492 e. The van der Waals surface area contributed by atoms with Crippen LogP contribution in [0.3, 0.4) is 0 Å². The zero-order chi connectivity index (χ0) is 29.2. The van der Waals surface area contributed by atoms with E-state index < -0.39 is 24.0 Å². The van der Waals surface area contributed by atoms with E-state index in [9.17, 15) is 4.79 Å². The summed E-state index contributed by atoms with van der Waals surface area (Å²) in [6.45, 7) is 11.2. The van der Waals surface area contributed by atoms with Gasteiger partial charge in [0.25, 0.3) is 0 Å². The summed E-state index contributed by atoms with van der Waals surface area (Å²) >= 11 is 0. The van der Waals surface area contributed by atoms with Crippen molar-refractivity contribution in [1.82, 2.24) is 15.0 Å². The van der Waals surface area contributed by atoms with Crippen LogP contribution in [0.2, 0.25) is 0 Å². The topological polar surface area (TPSA) is 116 Å². The highest BCUT2D eigenvalue weighted by Gasteiger charge is 2.69. The Morgan fingerprint density at radius 3 is 2.81 bits per heavy atom. The van der Waals surface area contributed by atoms with Crippen molar-refractivity contribution >= 4 is 11.0 Å². The molecule has 11 nitrogen and oxygen atoms in total. The zero-order valence-electron chi connectivity index (χ0n) is 24.8. The van der Waals surface area contributed by atoms with Crippen LogP contribution in [-0.4, -0.2) is 45.6 Å². The van der Waals surface area contributed by atoms with Gasteiger partial charge in [-0.2, -0.15) is 0 Å². The summed E-state index contributed by atoms with van der Waals surface area (Å²) in [5, 5.41) is 9.42. The highest BCUT2D eigenvalue weighted by Crippen LogP contribution is 2.60. The van der Waals surface area contributed by atoms with Gasteiger partial charge < -0.3 is 23.4 Å². The lowest BCUT2D eigenvalue weighted by Crippen LogP contribution is -2.70. The predicted molar refractivity (Wildman–Crippen MR) is 149 cm³/mol. The third kappa shape index (κ3) is 4.57. The molecule has 0 amide bonds. The van der Waals surface area contributed by atoms with Gasteiger partial charge in [0.05, 0.1) is 19.3 Å². The molecule has 0 radical (unpaired) electrons. The van der Waals surface area contributed by atoms with Crippen molar-refractivity contribution in [3.8, 4) is 5.75 Å². The smallest absolute Gasteiger partial charge is 0.339 e. The molecule has 42 heavy (non-hydrogen) atoms. The van der Waals surface area contributed by atoms with Gasteiger partial charge in [0.1, 0.15) is 23.6 Å². The molecule has 8 atom stereocenters. The van der Waals surface area contributed by atoms with Crippen molar-refractivity contribution < 1.29 is 33.1 Å². The molecular weight excluding hydrogens is 542 g/mol. The van der Waals surface area contributed by atoms with Crippen molar-refractivity contribution in [2.75, 3.05) is 6.61 Å². The number of ether oxygens (including phenoxy) is 4. The fourth-order valence-electron chi connectivity index (χ4n) is 7.52. The number of benzene rings is 1. The second-order valence-electron chi connectivity index (χ2n) is 12.7. The molecule has 1 spiro atoms. The molecule has 0 unspecified atom stereocenters. The lowest BCUT2D eigenvalue weighted by molar-refractivity contribution is -0.577. The number of hydrogen-bond donors (Lipinski definition) is 0. The minimum absolute atomic E-state index is 0.0911. The third-order valence-corrected chi connectivity index (χ3v) is 10.1. The van der Waals surface area contributed by atoms with Gasteiger partial charge in [-0.25, -0.2) is 19.3 Å². The average Bonchev–Trinajstić information content (AvgIpc) is 3.30. The van der Waals surface area contributed by atoms with Crippen LogP contribution < -0.4 is 10.4 Å². The lowest BCUT2D eigenvalue weighted by atomic mass is 9.58. The second kappa shape index (κ2) is 10.4. The van der Waals surface area contributed by atoms with E-state index in [2.05, 4.69) is 24.2 Å². The number of nitrogens with zero attached hydrogens (tertiary/aromatic N) is 3. The first-order chi connectivity index (χ1) is 20.2. The second-order valence-corrected chi connectivity index (χ2v) is 12.7. The van der Waals surface area contributed by atoms with Gasteiger partial charge in [0, 0.05) is 35.3 Å². The zero-order valence-corrected chi connectivity index (χ0v) is 24.8. The Bertz CT molecular complexity index is 1540. The van der Waals surface area contributed by atoms with Crippen LogP contribution in [0.1, 0.15) is 63.3 Å². The lowest BCUT2D eigenvalue weighted by Gasteiger charge is -2.60. The minimum atomic E-state index is -0.813. The molecule has 1 saturated carbocycles. The fourth-order valence-corrected chi connectivity index (χ4v) is 7.52. The molecule has 1 aromatic carbocycles. The van der Waals surface area contributed by atoms with Crippen molar-refractivity contribution in [3.63, 3.8) is 0 Å². The molecule has 226 valence electrons. The maximum absolute atomic E-state index is 12.1. The normalized spacial score (nSPS) is 35.6. The Morgan fingerprint density at radius 2 is 1.95 bits per heavy atom. The minimum Gasteiger partial charge on any atom is -0.492 e. The molecule has 5 fully saturated rings. The van der Waals surface area contributed by atoms with Gasteiger partial charge in [-0.1, -0.05) is 19.1 Å². The molecule has 5 aliphatic rings. The van der Waals surface area contributed by atoms with Crippen LogP contribution >= 0.6 is 0 Å². The van der Waals surface area contributed by atoms with Crippen LogP contribution in [-0.2, 0) is 37.1 Å². The van der Waals surface area contributed by atoms with Gasteiger partial charge in [-0.05, 0) is 69.6 Å². The third-order valence-electron chi connectivity index (χ3n) is 10.1. The molecular formula is C31H39N3O8. The fraction of sp³-hybridized carbons (Fsp3) is 0.645. The number of fused-ring (bicyclic) bond motifs is 3. The first-order valence-electron chi connectivity index (χ1n) is 15.0. The van der Waals surface area contributed by atoms with Crippen molar-refractivity contribution in [3.05, 3.63) is 51.6 Å². The molecule has 8 rings (SSSR count). The number of aryl methyl sites for hydroxylation is 1. The van der Waals surface area contributed by atoms with Crippen molar-refractivity contribution in [1.29, 1.82) is 0 Å². The van der Waals surface area contributed by atoms with Gasteiger partial charge >= 0.3 is 5.63 Å². The van der Waals surface area contributed by atoms with E-state index in [1.807, 2.05) is 32.2 Å². The molecule has 0 N–H and O–H groups in total. The summed E-state index contributed by atoms with van der Waals surface area (Å²) in [5.41, 5.74) is 1.82. The molecule has 11 heteroatoms. The molecule has 4 saturated heterocycles. The number of hydrogen-bond acceptors (Lipinski definition) is 10. The van der Waals surface area contributed by atoms with Crippen LogP contribution in [0.25, 0.3) is 11.0 Å². The summed E-state index contributed by atoms with van der Waals surface area (Å²) in [6.07, 6.45) is 4.78. The summed E-state index contributed by atoms with van der Waals surface area (Å²) in [7, 11) is 0. The van der Waals surface area contributed by atoms with Gasteiger partial charge in [-0.15, -0.1) is 5.10 Å². The summed E-state index contributed by atoms with van der Waals surface area (Å²) in [6, 6.07) is 5.53. The Hall–Kier alpha value is -2.83. The summed E-state index contributed by atoms with van der Waals surface area (Å²) < 4.78 is 32.3. The summed E-state index contributed by atoms with van der Waals surface area (Å²) in [4.78, 5) is 24.2. The molecule has 1 aliphatic carbocycles. The van der Waals surface area contributed by atoms with E-state index >= 15 is 0 Å². The first-order valence-corrected chi connectivity index (χ1v) is 15.0. The van der Waals surface area contributed by atoms with Gasteiger partial charge in [-0.3, -0.25) is 0 Å². The molecule has 4 aliphatic heterocycles. The average molecular weight is 582 g/mol. The van der Waals surface area contributed by atoms with E-state index in [0.717, 1.165) is 36.6 Å². The molecule has 2 bridgehead atoms. The van der Waals surface area contributed by atoms with Crippen LogP contribution in [0.15, 0.2) is 33.6 Å². The first kappa shape index (κ1) is 28.0. The number of aromatic nitrogens is 3. The SMILES string of the molecule is Cc1c(C)c2ccc(OCCn3cc(CO[C@H]4O[C@@H]5O[C@@]6(C)CC[C@H]7[C@H](C)CC[C@@H]([C@H]4C)[C@@]57OO6)nn3)cc2oc1=O. The summed E-state index contributed by atoms with van der Waals surface area (Å²) in [5.74, 6) is 0.932. The monoisotopic (exact) mass is 581 g/mol. The standard InChI is InChI=1S/C31H39N3O8/c1-17-6-9-25-20(4)28(39-29-31(25)24(17)10-11-30(5,40-29)41-42-31)37-16-21-15-34(33-32-21)12-13-36-22-7-8-23-18(2)19(3)27(35)38-26(23)14-22/h7-8,14-15,17,20,24-25,28-29H,6,9-13,16H2,1-5H3/t17-,20-,24+,25+,28+,29-,30-,31-/m1/s1. The predicted octanol–water partition coefficient (Wildman–Crippen LogP) is 4.80. The van der Waals surface area contributed by atoms with E-state index in [4.69, 9.17) is 33.1 Å². The maximum atomic E-state index is 12.1. The quantitative estimate of drug-likeness (QED) is 0.284. The van der Waals surface area contributed by atoms with Crippen molar-refractivity contribution in [2.24, 2.45) is 23.7 Å². The van der Waals surface area contributed by atoms with E-state index in [-0.39, 0.29) is 24.1 Å². The highest BCUT2D eigenvalue weighted by atomic mass is 17.3. The Morgan fingerprint density at radius 1 is 1.10 bits per heavy atom. The number of rotatable bonds is 7. The molecule has 2 aromatic heterocycles. The van der Waals surface area contributed by atoms with Crippen molar-refractivity contribution in [2.45, 2.75) is 97.4 Å². The molecule has 3 aromatic rings. The molecule has 6 heterocycles.